The van der Waals surface area contributed by atoms with E-state index in [4.69, 9.17) is 28.4 Å². The summed E-state index contributed by atoms with van der Waals surface area (Å²) in [4.78, 5) is 25.6. The van der Waals surface area contributed by atoms with Gasteiger partial charge in [0.25, 0.3) is 0 Å². The standard InChI is InChI=1S/C47H80O15/c1-3-5-7-9-11-13-15-16-17-18-20-22-24-26-28-30-39(50)60-35(32-57-38(49)29-27-25-23-21-19-14-12-10-8-6-4-2)33-58-46-45(56)43(54)41(52)37(62-46)34-59-47-44(55)42(53)40(51)36(31-48)61-47/h5,7,10-13,16-17,35-37,40-48,51-56H,3-4,6,8-9,14-15,18-34H2,1-2H3/b7-5-,12-10-,13-11-,17-16-. The Morgan fingerprint density at radius 3 is 1.61 bits per heavy atom. The molecule has 2 saturated heterocycles. The quantitative estimate of drug-likeness (QED) is 0.0252. The Balaban J connectivity index is 1.86. The third kappa shape index (κ3) is 23.4. The Bertz CT molecular complexity index is 1270. The monoisotopic (exact) mass is 885 g/mol. The number of carbonyl (C=O) groups is 2. The molecular formula is C47H80O15. The van der Waals surface area contributed by atoms with Gasteiger partial charge in [-0.3, -0.25) is 9.59 Å². The summed E-state index contributed by atoms with van der Waals surface area (Å²) in [5, 5.41) is 71.9. The zero-order valence-electron chi connectivity index (χ0n) is 37.3. The maximum absolute atomic E-state index is 12.9. The topological polar surface area (TPSA) is 231 Å². The average molecular weight is 885 g/mol. The average Bonchev–Trinajstić information content (AvgIpc) is 3.26. The molecule has 0 radical (unpaired) electrons. The second-order valence-electron chi connectivity index (χ2n) is 16.2. The lowest BCUT2D eigenvalue weighted by Crippen LogP contribution is -2.61. The summed E-state index contributed by atoms with van der Waals surface area (Å²) in [5.41, 5.74) is 0. The molecule has 2 fully saturated rings. The SMILES string of the molecule is CC/C=C\C/C=C\C/C=C\CCCCCCCC(=O)OC(COC(=O)CCCCCCC/C=C\CCCC)COC1OC(COC2OC(CO)C(O)C(O)C2O)C(O)C(O)C1O. The summed E-state index contributed by atoms with van der Waals surface area (Å²) >= 11 is 0. The molecular weight excluding hydrogens is 805 g/mol. The molecule has 0 saturated carbocycles. The van der Waals surface area contributed by atoms with E-state index in [-0.39, 0.29) is 19.4 Å². The van der Waals surface area contributed by atoms with Gasteiger partial charge < -0.3 is 64.2 Å². The van der Waals surface area contributed by atoms with Crippen molar-refractivity contribution in [1.29, 1.82) is 0 Å². The fraction of sp³-hybridized carbons (Fsp3) is 0.787. The van der Waals surface area contributed by atoms with Gasteiger partial charge in [-0.15, -0.1) is 0 Å². The second-order valence-corrected chi connectivity index (χ2v) is 16.2. The highest BCUT2D eigenvalue weighted by atomic mass is 16.7. The largest absolute Gasteiger partial charge is 0.462 e. The van der Waals surface area contributed by atoms with Crippen LogP contribution in [0.4, 0.5) is 0 Å². The number of hydrogen-bond acceptors (Lipinski definition) is 15. The molecule has 11 unspecified atom stereocenters. The van der Waals surface area contributed by atoms with Crippen molar-refractivity contribution in [2.24, 2.45) is 0 Å². The van der Waals surface area contributed by atoms with E-state index in [1.807, 2.05) is 0 Å². The number of aliphatic hydroxyl groups is 7. The molecule has 7 N–H and O–H groups in total. The van der Waals surface area contributed by atoms with Crippen molar-refractivity contribution in [2.45, 2.75) is 210 Å². The number of ether oxygens (including phenoxy) is 6. The van der Waals surface area contributed by atoms with Crippen LogP contribution in [-0.4, -0.2) is 142 Å². The fourth-order valence-corrected chi connectivity index (χ4v) is 6.92. The lowest BCUT2D eigenvalue weighted by molar-refractivity contribution is -0.332. The number of unbranched alkanes of at least 4 members (excludes halogenated alkanes) is 12. The smallest absolute Gasteiger partial charge is 0.306 e. The number of carbonyl (C=O) groups excluding carboxylic acids is 2. The van der Waals surface area contributed by atoms with E-state index in [1.165, 1.54) is 12.8 Å². The van der Waals surface area contributed by atoms with Crippen LogP contribution in [0.15, 0.2) is 48.6 Å². The molecule has 0 amide bonds. The Kier molecular flexibility index (Phi) is 31.2. The molecule has 15 nitrogen and oxygen atoms in total. The fourth-order valence-electron chi connectivity index (χ4n) is 6.92. The number of aliphatic hydroxyl groups excluding tert-OH is 7. The Hall–Kier alpha value is -2.54. The first-order chi connectivity index (χ1) is 30.0. The molecule has 0 aromatic carbocycles. The summed E-state index contributed by atoms with van der Waals surface area (Å²) in [6.45, 7) is 2.38. The maximum atomic E-state index is 12.9. The van der Waals surface area contributed by atoms with E-state index < -0.39 is 99.3 Å². The molecule has 0 aliphatic carbocycles. The van der Waals surface area contributed by atoms with Crippen molar-refractivity contribution in [2.75, 3.05) is 26.4 Å². The van der Waals surface area contributed by atoms with Crippen LogP contribution >= 0.6 is 0 Å². The zero-order valence-corrected chi connectivity index (χ0v) is 37.3. The van der Waals surface area contributed by atoms with E-state index >= 15 is 0 Å². The van der Waals surface area contributed by atoms with Crippen molar-refractivity contribution < 1.29 is 73.8 Å². The van der Waals surface area contributed by atoms with Crippen molar-refractivity contribution >= 4 is 11.9 Å². The zero-order chi connectivity index (χ0) is 45.4. The Morgan fingerprint density at radius 1 is 0.532 bits per heavy atom. The molecule has 62 heavy (non-hydrogen) atoms. The van der Waals surface area contributed by atoms with Crippen molar-refractivity contribution in [3.8, 4) is 0 Å². The van der Waals surface area contributed by atoms with Crippen LogP contribution in [0.5, 0.6) is 0 Å². The third-order valence-corrected chi connectivity index (χ3v) is 10.8. The van der Waals surface area contributed by atoms with Gasteiger partial charge in [0.1, 0.15) is 55.4 Å². The first-order valence-electron chi connectivity index (χ1n) is 23.2. The summed E-state index contributed by atoms with van der Waals surface area (Å²) in [6, 6.07) is 0. The van der Waals surface area contributed by atoms with E-state index in [2.05, 4.69) is 62.5 Å². The minimum absolute atomic E-state index is 0.142. The van der Waals surface area contributed by atoms with Crippen LogP contribution in [0, 0.1) is 0 Å². The third-order valence-electron chi connectivity index (χ3n) is 10.8. The molecule has 0 aromatic heterocycles. The van der Waals surface area contributed by atoms with Gasteiger partial charge in [0.05, 0.1) is 19.8 Å². The normalized spacial score (nSPS) is 27.5. The van der Waals surface area contributed by atoms with Crippen LogP contribution in [0.2, 0.25) is 0 Å². The van der Waals surface area contributed by atoms with Gasteiger partial charge in [0.2, 0.25) is 0 Å². The molecule has 2 rings (SSSR count). The van der Waals surface area contributed by atoms with Crippen molar-refractivity contribution in [3.63, 3.8) is 0 Å². The Morgan fingerprint density at radius 2 is 1.02 bits per heavy atom. The number of allylic oxidation sites excluding steroid dienone is 8. The van der Waals surface area contributed by atoms with Gasteiger partial charge in [0.15, 0.2) is 18.7 Å². The lowest BCUT2D eigenvalue weighted by atomic mass is 9.98. The van der Waals surface area contributed by atoms with Gasteiger partial charge in [-0.2, -0.15) is 0 Å². The van der Waals surface area contributed by atoms with Crippen molar-refractivity contribution in [3.05, 3.63) is 48.6 Å². The first-order valence-corrected chi connectivity index (χ1v) is 23.2. The highest BCUT2D eigenvalue weighted by Gasteiger charge is 2.47. The maximum Gasteiger partial charge on any atom is 0.306 e. The van der Waals surface area contributed by atoms with Crippen LogP contribution < -0.4 is 0 Å². The summed E-state index contributed by atoms with van der Waals surface area (Å²) in [6.07, 6.45) is 18.7. The summed E-state index contributed by atoms with van der Waals surface area (Å²) < 4.78 is 33.4. The number of hydrogen-bond donors (Lipinski definition) is 7. The van der Waals surface area contributed by atoms with Crippen LogP contribution in [0.1, 0.15) is 142 Å². The minimum Gasteiger partial charge on any atom is -0.462 e. The Labute approximate surface area is 369 Å². The first kappa shape index (κ1) is 55.6. The van der Waals surface area contributed by atoms with Crippen molar-refractivity contribution in [1.82, 2.24) is 0 Å². The van der Waals surface area contributed by atoms with Gasteiger partial charge in [-0.1, -0.05) is 114 Å². The van der Waals surface area contributed by atoms with E-state index in [0.29, 0.717) is 12.8 Å². The molecule has 358 valence electrons. The predicted octanol–water partition coefficient (Wildman–Crippen LogP) is 5.15. The number of rotatable bonds is 34. The van der Waals surface area contributed by atoms with Crippen LogP contribution in [-0.2, 0) is 38.0 Å². The molecule has 0 spiro atoms. The molecule has 2 aliphatic heterocycles. The highest BCUT2D eigenvalue weighted by molar-refractivity contribution is 5.70. The van der Waals surface area contributed by atoms with E-state index in [1.54, 1.807) is 0 Å². The van der Waals surface area contributed by atoms with Gasteiger partial charge >= 0.3 is 11.9 Å². The molecule has 2 heterocycles. The number of esters is 2. The van der Waals surface area contributed by atoms with Gasteiger partial charge in [0, 0.05) is 12.8 Å². The molecule has 0 bridgehead atoms. The van der Waals surface area contributed by atoms with E-state index in [0.717, 1.165) is 89.9 Å². The predicted molar refractivity (Wildman–Crippen MR) is 233 cm³/mol. The van der Waals surface area contributed by atoms with Gasteiger partial charge in [-0.05, 0) is 64.2 Å². The van der Waals surface area contributed by atoms with Crippen LogP contribution in [0.25, 0.3) is 0 Å². The minimum atomic E-state index is -1.77. The molecule has 11 atom stereocenters. The highest BCUT2D eigenvalue weighted by Crippen LogP contribution is 2.26. The van der Waals surface area contributed by atoms with Gasteiger partial charge in [-0.25, -0.2) is 0 Å². The van der Waals surface area contributed by atoms with E-state index in [9.17, 15) is 45.3 Å². The summed E-state index contributed by atoms with van der Waals surface area (Å²) in [7, 11) is 0. The van der Waals surface area contributed by atoms with Crippen LogP contribution in [0.3, 0.4) is 0 Å². The summed E-state index contributed by atoms with van der Waals surface area (Å²) in [5.74, 6) is -0.962. The second kappa shape index (κ2) is 34.8. The lowest BCUT2D eigenvalue weighted by Gasteiger charge is -2.42. The molecule has 0 aromatic rings. The molecule has 2 aliphatic rings. The molecule has 15 heteroatoms.